The summed E-state index contributed by atoms with van der Waals surface area (Å²) in [4.78, 5) is 33.2. The lowest BCUT2D eigenvalue weighted by Crippen LogP contribution is -2.29. The van der Waals surface area contributed by atoms with Crippen molar-refractivity contribution in [3.8, 4) is 0 Å². The van der Waals surface area contributed by atoms with Gasteiger partial charge in [-0.3, -0.25) is 18.6 Å². The minimum absolute atomic E-state index is 0.00547. The molecule has 0 radical (unpaired) electrons. The predicted molar refractivity (Wildman–Crippen MR) is 169 cm³/mol. The molecule has 0 saturated carbocycles. The highest BCUT2D eigenvalue weighted by Gasteiger charge is 2.17. The molecule has 0 aromatic rings. The van der Waals surface area contributed by atoms with E-state index in [9.17, 15) is 14.2 Å². The van der Waals surface area contributed by atoms with Crippen LogP contribution in [0.2, 0.25) is 0 Å². The van der Waals surface area contributed by atoms with Gasteiger partial charge in [0.05, 0.1) is 46.2 Å². The summed E-state index contributed by atoms with van der Waals surface area (Å²) in [6.45, 7) is 4.72. The molecule has 13 nitrogen and oxygen atoms in total. The number of carbonyl (C=O) groups excluding carboxylic acids is 2. The second-order valence-corrected chi connectivity index (χ2v) is 12.1. The van der Waals surface area contributed by atoms with Crippen molar-refractivity contribution in [3.05, 3.63) is 0 Å². The van der Waals surface area contributed by atoms with E-state index in [1.54, 1.807) is 14.2 Å². The maximum Gasteiger partial charge on any atom is 0.471 e. The fourth-order valence-corrected chi connectivity index (χ4v) is 4.57. The molecule has 14 heteroatoms. The molecule has 0 heterocycles. The lowest BCUT2D eigenvalue weighted by Gasteiger charge is -2.18. The monoisotopic (exact) mass is 656 g/mol. The predicted octanol–water partition coefficient (Wildman–Crippen LogP) is 4.15. The Labute approximate surface area is 265 Å². The second kappa shape index (κ2) is 31.8. The fraction of sp³-hybridized carbons (Fsp3) is 0.933. The van der Waals surface area contributed by atoms with Crippen LogP contribution in [0, 0.1) is 0 Å². The van der Waals surface area contributed by atoms with E-state index in [4.69, 9.17) is 33.1 Å². The quantitative estimate of drug-likeness (QED) is 0.0674. The smallest absolute Gasteiger partial charge is 0.382 e. The highest BCUT2D eigenvalue weighted by Crippen LogP contribution is 2.41. The molecule has 2 atom stereocenters. The van der Waals surface area contributed by atoms with Gasteiger partial charge in [-0.05, 0) is 25.7 Å². The van der Waals surface area contributed by atoms with Gasteiger partial charge in [0.25, 0.3) is 0 Å². The highest BCUT2D eigenvalue weighted by atomic mass is 31.2. The van der Waals surface area contributed by atoms with Crippen LogP contribution in [0.15, 0.2) is 0 Å². The summed E-state index contributed by atoms with van der Waals surface area (Å²) in [6, 6.07) is 0. The summed E-state index contributed by atoms with van der Waals surface area (Å²) in [7, 11) is 0.572. The zero-order valence-electron chi connectivity index (χ0n) is 27.5. The standard InChI is InChI=1S/C30H61N2O11P/c1-37-22-24-41-27-28(42-25-23-38-2)26-40-20-15-19-32-30(34)17-14-16-29(33)31-18-12-10-8-6-4-5-7-9-11-13-21-43-44(35,36)39-3/h28H,4-27H2,1-3H3,(H,31,33)(H,32,34)(H,35,36). The van der Waals surface area contributed by atoms with Crippen molar-refractivity contribution in [1.82, 2.24) is 10.6 Å². The van der Waals surface area contributed by atoms with Gasteiger partial charge < -0.3 is 39.2 Å². The third kappa shape index (κ3) is 30.9. The fourth-order valence-electron chi connectivity index (χ4n) is 4.10. The molecule has 0 rings (SSSR count). The minimum atomic E-state index is -3.84. The van der Waals surface area contributed by atoms with Crippen molar-refractivity contribution in [3.63, 3.8) is 0 Å². The molecular formula is C30H61N2O11P. The molecule has 0 aromatic carbocycles. The Balaban J connectivity index is 3.55. The number of nitrogens with one attached hydrogen (secondary N) is 2. The van der Waals surface area contributed by atoms with Gasteiger partial charge in [0.15, 0.2) is 0 Å². The summed E-state index contributed by atoms with van der Waals surface area (Å²) >= 11 is 0. The van der Waals surface area contributed by atoms with Crippen LogP contribution in [0.4, 0.5) is 0 Å². The third-order valence-corrected chi connectivity index (χ3v) is 7.62. The van der Waals surface area contributed by atoms with E-state index >= 15 is 0 Å². The Morgan fingerprint density at radius 2 is 1.11 bits per heavy atom. The molecular weight excluding hydrogens is 595 g/mol. The first-order chi connectivity index (χ1) is 21.3. The summed E-state index contributed by atoms with van der Waals surface area (Å²) in [5.74, 6) is -0.0616. The Morgan fingerprint density at radius 1 is 0.614 bits per heavy atom. The Kier molecular flexibility index (Phi) is 31.0. The average Bonchev–Trinajstić information content (AvgIpc) is 3.00. The molecule has 2 unspecified atom stereocenters. The average molecular weight is 657 g/mol. The molecule has 0 aliphatic carbocycles. The highest BCUT2D eigenvalue weighted by molar-refractivity contribution is 7.47. The summed E-state index contributed by atoms with van der Waals surface area (Å²) in [5, 5.41) is 5.82. The number of carbonyl (C=O) groups is 2. The van der Waals surface area contributed by atoms with Crippen LogP contribution in [-0.2, 0) is 46.9 Å². The van der Waals surface area contributed by atoms with Gasteiger partial charge in [-0.15, -0.1) is 0 Å². The molecule has 0 fully saturated rings. The van der Waals surface area contributed by atoms with Crippen molar-refractivity contribution in [2.75, 3.05) is 87.3 Å². The van der Waals surface area contributed by atoms with Gasteiger partial charge in [-0.2, -0.15) is 0 Å². The topological polar surface area (TPSA) is 160 Å². The van der Waals surface area contributed by atoms with Crippen LogP contribution < -0.4 is 10.6 Å². The molecule has 0 bridgehead atoms. The first kappa shape index (κ1) is 42.9. The number of ether oxygens (including phenoxy) is 5. The lowest BCUT2D eigenvalue weighted by molar-refractivity contribution is -0.122. The van der Waals surface area contributed by atoms with Gasteiger partial charge in [-0.1, -0.05) is 51.4 Å². The minimum Gasteiger partial charge on any atom is -0.382 e. The second-order valence-electron chi connectivity index (χ2n) is 10.6. The van der Waals surface area contributed by atoms with E-state index < -0.39 is 7.82 Å². The molecule has 262 valence electrons. The van der Waals surface area contributed by atoms with Crippen LogP contribution in [0.1, 0.15) is 89.9 Å². The van der Waals surface area contributed by atoms with Crippen LogP contribution in [0.5, 0.6) is 0 Å². The number of rotatable bonds is 34. The molecule has 0 saturated heterocycles. The van der Waals surface area contributed by atoms with Gasteiger partial charge >= 0.3 is 7.82 Å². The normalized spacial score (nSPS) is 13.5. The SMILES string of the molecule is COCCOCC(COCCCNC(=O)CCCC(=O)NCCCCCCCCCCCCOP(=O)(O)OC)OCCOC. The first-order valence-electron chi connectivity index (χ1n) is 16.2. The van der Waals surface area contributed by atoms with Crippen molar-refractivity contribution in [1.29, 1.82) is 0 Å². The van der Waals surface area contributed by atoms with Gasteiger partial charge in [0.1, 0.15) is 6.10 Å². The van der Waals surface area contributed by atoms with Crippen LogP contribution in [0.25, 0.3) is 0 Å². The Bertz CT molecular complexity index is 718. The van der Waals surface area contributed by atoms with Gasteiger partial charge in [0, 0.05) is 53.9 Å². The molecule has 2 amide bonds. The van der Waals surface area contributed by atoms with E-state index in [0.717, 1.165) is 52.1 Å². The van der Waals surface area contributed by atoms with Crippen LogP contribution in [0.3, 0.4) is 0 Å². The summed E-state index contributed by atoms with van der Waals surface area (Å²) in [5.41, 5.74) is 0. The van der Waals surface area contributed by atoms with E-state index in [-0.39, 0.29) is 24.5 Å². The van der Waals surface area contributed by atoms with E-state index in [1.165, 1.54) is 19.3 Å². The van der Waals surface area contributed by atoms with Crippen molar-refractivity contribution in [2.45, 2.75) is 96.0 Å². The molecule has 0 aliphatic heterocycles. The largest absolute Gasteiger partial charge is 0.471 e. The number of phosphoric acid groups is 1. The number of unbranched alkanes of at least 4 members (excludes halogenated alkanes) is 9. The van der Waals surface area contributed by atoms with Gasteiger partial charge in [0.2, 0.25) is 11.8 Å². The van der Waals surface area contributed by atoms with Crippen molar-refractivity contribution in [2.24, 2.45) is 0 Å². The molecule has 44 heavy (non-hydrogen) atoms. The third-order valence-electron chi connectivity index (χ3n) is 6.65. The molecule has 0 aromatic heterocycles. The number of phosphoric ester groups is 1. The van der Waals surface area contributed by atoms with Gasteiger partial charge in [-0.25, -0.2) is 4.57 Å². The maximum atomic E-state index is 12.0. The van der Waals surface area contributed by atoms with Crippen LogP contribution in [-0.4, -0.2) is 110 Å². The van der Waals surface area contributed by atoms with E-state index in [1.807, 2.05) is 0 Å². The Morgan fingerprint density at radius 3 is 1.68 bits per heavy atom. The number of methoxy groups -OCH3 is 2. The van der Waals surface area contributed by atoms with E-state index in [2.05, 4.69) is 15.2 Å². The van der Waals surface area contributed by atoms with Crippen molar-refractivity contribution < 1.29 is 51.8 Å². The van der Waals surface area contributed by atoms with Crippen LogP contribution >= 0.6 is 7.82 Å². The lowest BCUT2D eigenvalue weighted by atomic mass is 10.1. The summed E-state index contributed by atoms with van der Waals surface area (Å²) in [6.07, 6.45) is 12.5. The molecule has 0 aliphatic rings. The Hall–Kier alpha value is -1.15. The molecule has 3 N–H and O–H groups in total. The van der Waals surface area contributed by atoms with Crippen molar-refractivity contribution >= 4 is 19.6 Å². The maximum absolute atomic E-state index is 12.0. The first-order valence-corrected chi connectivity index (χ1v) is 17.7. The number of hydrogen-bond donors (Lipinski definition) is 3. The number of hydrogen-bond acceptors (Lipinski definition) is 10. The van der Waals surface area contributed by atoms with E-state index in [0.29, 0.717) is 85.0 Å². The molecule has 0 spiro atoms. The zero-order valence-corrected chi connectivity index (χ0v) is 28.4. The number of amides is 2. The summed E-state index contributed by atoms with van der Waals surface area (Å²) < 4.78 is 47.2. The zero-order chi connectivity index (χ0) is 32.6.